The predicted molar refractivity (Wildman–Crippen MR) is 70.1 cm³/mol. The zero-order chi connectivity index (χ0) is 13.3. The summed E-state index contributed by atoms with van der Waals surface area (Å²) in [6, 6.07) is 0. The minimum absolute atomic E-state index is 0.244. The normalized spacial score (nSPS) is 19.8. The van der Waals surface area contributed by atoms with Crippen LogP contribution in [0.5, 0.6) is 0 Å². The van der Waals surface area contributed by atoms with Gasteiger partial charge in [0.25, 0.3) is 10.0 Å². The Morgan fingerprint density at radius 1 is 1.44 bits per heavy atom. The number of hydrogen-bond acceptors (Lipinski definition) is 3. The molecule has 5 nitrogen and oxygen atoms in total. The number of hydrogen-bond donors (Lipinski definition) is 1. The number of sulfonamides is 1. The first-order valence-electron chi connectivity index (χ1n) is 6.60. The van der Waals surface area contributed by atoms with Crippen LogP contribution in [0.2, 0.25) is 0 Å². The first-order valence-corrected chi connectivity index (χ1v) is 8.08. The van der Waals surface area contributed by atoms with E-state index in [-0.39, 0.29) is 10.9 Å². The van der Waals surface area contributed by atoms with Crippen molar-refractivity contribution in [1.82, 2.24) is 14.3 Å². The summed E-state index contributed by atoms with van der Waals surface area (Å²) in [6.07, 6.45) is 2.89. The minimum Gasteiger partial charge on any atom is -0.330 e. The molecular formula is C12H21N3O2S. The maximum absolute atomic E-state index is 12.2. The Hall–Kier alpha value is -0.880. The summed E-state index contributed by atoms with van der Waals surface area (Å²) in [5, 5.41) is 0.244. The van der Waals surface area contributed by atoms with Gasteiger partial charge in [-0.05, 0) is 18.8 Å². The molecule has 6 heteroatoms. The summed E-state index contributed by atoms with van der Waals surface area (Å²) in [4.78, 5) is 4.36. The van der Waals surface area contributed by atoms with Crippen LogP contribution < -0.4 is 4.72 Å². The Labute approximate surface area is 109 Å². The van der Waals surface area contributed by atoms with Crippen LogP contribution in [0.4, 0.5) is 0 Å². The molecule has 1 aromatic rings. The van der Waals surface area contributed by atoms with Gasteiger partial charge < -0.3 is 4.57 Å². The quantitative estimate of drug-likeness (QED) is 0.905. The number of nitrogens with zero attached hydrogens (tertiary/aromatic N) is 2. The van der Waals surface area contributed by atoms with Gasteiger partial charge in [-0.2, -0.15) is 0 Å². The second-order valence-corrected chi connectivity index (χ2v) is 6.45. The molecule has 0 aliphatic carbocycles. The SMILES string of the molecule is CCNS(=O)(=O)c1nc(CC)n2c1C(C)CCC2. The monoisotopic (exact) mass is 271 g/mol. The highest BCUT2D eigenvalue weighted by atomic mass is 32.2. The maximum atomic E-state index is 12.2. The van der Waals surface area contributed by atoms with Crippen molar-refractivity contribution in [1.29, 1.82) is 0 Å². The number of fused-ring (bicyclic) bond motifs is 1. The van der Waals surface area contributed by atoms with Gasteiger partial charge in [-0.1, -0.05) is 20.8 Å². The van der Waals surface area contributed by atoms with Gasteiger partial charge >= 0.3 is 0 Å². The van der Waals surface area contributed by atoms with Crippen LogP contribution in [0.25, 0.3) is 0 Å². The summed E-state index contributed by atoms with van der Waals surface area (Å²) >= 11 is 0. The van der Waals surface area contributed by atoms with Crippen molar-refractivity contribution >= 4 is 10.0 Å². The average Bonchev–Trinajstić information content (AvgIpc) is 2.70. The van der Waals surface area contributed by atoms with Gasteiger partial charge in [-0.25, -0.2) is 18.1 Å². The van der Waals surface area contributed by atoms with Gasteiger partial charge in [-0.3, -0.25) is 0 Å². The third kappa shape index (κ3) is 2.19. The van der Waals surface area contributed by atoms with Crippen molar-refractivity contribution in [2.24, 2.45) is 0 Å². The average molecular weight is 271 g/mol. The molecule has 1 aliphatic rings. The summed E-state index contributed by atoms with van der Waals surface area (Å²) in [5.41, 5.74) is 0.888. The Kier molecular flexibility index (Phi) is 3.77. The van der Waals surface area contributed by atoms with Crippen molar-refractivity contribution in [2.45, 2.75) is 57.5 Å². The van der Waals surface area contributed by atoms with Crippen LogP contribution >= 0.6 is 0 Å². The molecule has 0 fully saturated rings. The number of aryl methyl sites for hydroxylation is 1. The smallest absolute Gasteiger partial charge is 0.259 e. The summed E-state index contributed by atoms with van der Waals surface area (Å²) in [5.74, 6) is 1.14. The molecule has 1 unspecified atom stereocenters. The molecule has 0 saturated heterocycles. The highest BCUT2D eigenvalue weighted by molar-refractivity contribution is 7.89. The summed E-state index contributed by atoms with van der Waals surface area (Å²) in [6.45, 7) is 7.15. The molecule has 0 saturated carbocycles. The van der Waals surface area contributed by atoms with Crippen LogP contribution in [0.1, 0.15) is 51.0 Å². The van der Waals surface area contributed by atoms with E-state index in [4.69, 9.17) is 0 Å². The fraction of sp³-hybridized carbons (Fsp3) is 0.750. The van der Waals surface area contributed by atoms with Crippen molar-refractivity contribution < 1.29 is 8.42 Å². The van der Waals surface area contributed by atoms with E-state index in [1.165, 1.54) is 0 Å². The van der Waals surface area contributed by atoms with Gasteiger partial charge in [0, 0.05) is 19.5 Å². The molecule has 0 amide bonds. The second kappa shape index (κ2) is 5.01. The highest BCUT2D eigenvalue weighted by Crippen LogP contribution is 2.32. The second-order valence-electron chi connectivity index (χ2n) is 4.77. The predicted octanol–water partition coefficient (Wildman–Crippen LogP) is 1.64. The third-order valence-electron chi connectivity index (χ3n) is 3.44. The van der Waals surface area contributed by atoms with Gasteiger partial charge in [-0.15, -0.1) is 0 Å². The largest absolute Gasteiger partial charge is 0.330 e. The molecular weight excluding hydrogens is 250 g/mol. The lowest BCUT2D eigenvalue weighted by Crippen LogP contribution is -2.26. The van der Waals surface area contributed by atoms with Crippen LogP contribution in [0.15, 0.2) is 5.03 Å². The van der Waals surface area contributed by atoms with Gasteiger partial charge in [0.15, 0.2) is 5.03 Å². The van der Waals surface area contributed by atoms with Gasteiger partial charge in [0.1, 0.15) is 5.82 Å². The molecule has 0 spiro atoms. The van der Waals surface area contributed by atoms with Crippen molar-refractivity contribution in [3.8, 4) is 0 Å². The minimum atomic E-state index is -3.46. The fourth-order valence-electron chi connectivity index (χ4n) is 2.63. The highest BCUT2D eigenvalue weighted by Gasteiger charge is 2.30. The molecule has 18 heavy (non-hydrogen) atoms. The van der Waals surface area contributed by atoms with Crippen LogP contribution in [0, 0.1) is 0 Å². The fourth-order valence-corrected chi connectivity index (χ4v) is 3.96. The number of imidazole rings is 1. The molecule has 2 rings (SSSR count). The lowest BCUT2D eigenvalue weighted by molar-refractivity contribution is 0.457. The van der Waals surface area contributed by atoms with E-state index in [2.05, 4.69) is 21.2 Å². The molecule has 1 aromatic heterocycles. The molecule has 2 heterocycles. The van der Waals surface area contributed by atoms with Crippen molar-refractivity contribution in [3.05, 3.63) is 11.5 Å². The summed E-state index contributed by atoms with van der Waals surface area (Å²) < 4.78 is 29.0. The molecule has 0 bridgehead atoms. The van der Waals surface area contributed by atoms with Gasteiger partial charge in [0.05, 0.1) is 5.69 Å². The van der Waals surface area contributed by atoms with E-state index in [9.17, 15) is 8.42 Å². The Morgan fingerprint density at radius 2 is 2.17 bits per heavy atom. The van der Waals surface area contributed by atoms with E-state index < -0.39 is 10.0 Å². The number of rotatable bonds is 4. The van der Waals surface area contributed by atoms with E-state index in [1.54, 1.807) is 6.92 Å². The van der Waals surface area contributed by atoms with Crippen molar-refractivity contribution in [2.75, 3.05) is 6.54 Å². The molecule has 1 aliphatic heterocycles. The number of nitrogens with one attached hydrogen (secondary N) is 1. The van der Waals surface area contributed by atoms with Crippen LogP contribution in [0.3, 0.4) is 0 Å². The summed E-state index contributed by atoms with van der Waals surface area (Å²) in [7, 11) is -3.46. The first-order chi connectivity index (χ1) is 8.51. The van der Waals surface area contributed by atoms with E-state index in [0.717, 1.165) is 37.3 Å². The number of aromatic nitrogens is 2. The van der Waals surface area contributed by atoms with E-state index >= 15 is 0 Å². The maximum Gasteiger partial charge on any atom is 0.259 e. The zero-order valence-corrected chi connectivity index (χ0v) is 12.0. The van der Waals surface area contributed by atoms with Crippen molar-refractivity contribution in [3.63, 3.8) is 0 Å². The van der Waals surface area contributed by atoms with E-state index in [0.29, 0.717) is 6.54 Å². The molecule has 1 atom stereocenters. The topological polar surface area (TPSA) is 64.0 Å². The zero-order valence-electron chi connectivity index (χ0n) is 11.2. The Morgan fingerprint density at radius 3 is 2.78 bits per heavy atom. The third-order valence-corrected chi connectivity index (χ3v) is 4.92. The Bertz CT molecular complexity index is 534. The van der Waals surface area contributed by atoms with Crippen LogP contribution in [-0.4, -0.2) is 24.5 Å². The Balaban J connectivity index is 2.58. The van der Waals surface area contributed by atoms with Crippen LogP contribution in [-0.2, 0) is 23.0 Å². The molecule has 0 aromatic carbocycles. The van der Waals surface area contributed by atoms with Gasteiger partial charge in [0.2, 0.25) is 0 Å². The molecule has 102 valence electrons. The molecule has 1 N–H and O–H groups in total. The first kappa shape index (κ1) is 13.5. The lowest BCUT2D eigenvalue weighted by Gasteiger charge is -2.23. The molecule has 0 radical (unpaired) electrons. The standard InChI is InChI=1S/C12H21N3O2S/c1-4-10-14-12(18(16,17)13-5-2)11-9(3)7-6-8-15(10)11/h9,13H,4-8H2,1-3H3. The lowest BCUT2D eigenvalue weighted by atomic mass is 9.98. The van der Waals surface area contributed by atoms with E-state index in [1.807, 2.05) is 6.92 Å².